The number of nitrogens with zero attached hydrogens (tertiary/aromatic N) is 4. The Morgan fingerprint density at radius 1 is 1.23 bits per heavy atom. The quantitative estimate of drug-likeness (QED) is 0.387. The third-order valence-electron chi connectivity index (χ3n) is 7.83. The Labute approximate surface area is 213 Å². The van der Waals surface area contributed by atoms with E-state index in [1.807, 2.05) is 24.4 Å². The van der Waals surface area contributed by atoms with E-state index in [1.54, 1.807) is 6.20 Å². The van der Waals surface area contributed by atoms with E-state index in [-0.39, 0.29) is 0 Å². The number of hydrogen-bond acceptors (Lipinski definition) is 5. The Morgan fingerprint density at radius 2 is 2.06 bits per heavy atom. The van der Waals surface area contributed by atoms with Gasteiger partial charge in [-0.3, -0.25) is 4.90 Å². The second-order valence-electron chi connectivity index (χ2n) is 10.3. The molecule has 6 nitrogen and oxygen atoms in total. The fourth-order valence-electron chi connectivity index (χ4n) is 5.86. The number of hydrogen-bond donors (Lipinski definition) is 2. The van der Waals surface area contributed by atoms with Crippen LogP contribution in [0, 0.1) is 5.92 Å². The molecule has 0 bridgehead atoms. The van der Waals surface area contributed by atoms with Crippen molar-refractivity contribution in [2.24, 2.45) is 5.92 Å². The number of para-hydroxylation sites is 1. The zero-order chi connectivity index (χ0) is 24.2. The summed E-state index contributed by atoms with van der Waals surface area (Å²) in [6, 6.07) is 9.21. The molecule has 0 amide bonds. The van der Waals surface area contributed by atoms with Crippen molar-refractivity contribution in [3.63, 3.8) is 0 Å². The van der Waals surface area contributed by atoms with Crippen LogP contribution in [0.15, 0.2) is 49.3 Å². The molecule has 5 rings (SSSR count). The first-order valence-electron chi connectivity index (χ1n) is 13.0. The van der Waals surface area contributed by atoms with Gasteiger partial charge in [0.05, 0.1) is 16.9 Å². The average molecular weight is 493 g/mol. The van der Waals surface area contributed by atoms with Gasteiger partial charge >= 0.3 is 0 Å². The topological polar surface area (TPSA) is 60.1 Å². The summed E-state index contributed by atoms with van der Waals surface area (Å²) in [6.07, 6.45) is 13.1. The van der Waals surface area contributed by atoms with Gasteiger partial charge in [0.1, 0.15) is 0 Å². The molecule has 2 aliphatic rings. The maximum atomic E-state index is 6.53. The van der Waals surface area contributed by atoms with Crippen LogP contribution in [0.2, 0.25) is 5.02 Å². The molecule has 2 fully saturated rings. The van der Waals surface area contributed by atoms with Crippen LogP contribution in [0.5, 0.6) is 0 Å². The molecule has 0 radical (unpaired) electrons. The third kappa shape index (κ3) is 5.71. The lowest BCUT2D eigenvalue weighted by Gasteiger charge is -2.39. The van der Waals surface area contributed by atoms with Crippen molar-refractivity contribution in [2.75, 3.05) is 38.5 Å². The van der Waals surface area contributed by atoms with Crippen LogP contribution in [0.4, 0.5) is 5.95 Å². The van der Waals surface area contributed by atoms with E-state index < -0.39 is 0 Å². The molecular formula is C28H37ClN6. The Balaban J connectivity index is 1.21. The summed E-state index contributed by atoms with van der Waals surface area (Å²) in [6.45, 7) is 8.50. The van der Waals surface area contributed by atoms with E-state index in [0.717, 1.165) is 47.5 Å². The number of aromatic nitrogens is 3. The van der Waals surface area contributed by atoms with E-state index >= 15 is 0 Å². The lowest BCUT2D eigenvalue weighted by molar-refractivity contribution is 0.122. The summed E-state index contributed by atoms with van der Waals surface area (Å²) >= 11 is 6.53. The van der Waals surface area contributed by atoms with Gasteiger partial charge in [-0.05, 0) is 70.6 Å². The Morgan fingerprint density at radius 3 is 2.89 bits per heavy atom. The number of H-pyrrole nitrogens is 1. The van der Waals surface area contributed by atoms with E-state index in [0.29, 0.717) is 23.1 Å². The number of likely N-dealkylation sites (tertiary alicyclic amines) is 1. The van der Waals surface area contributed by atoms with Gasteiger partial charge in [-0.1, -0.05) is 35.9 Å². The monoisotopic (exact) mass is 492 g/mol. The smallest absolute Gasteiger partial charge is 0.223 e. The number of aromatic amines is 1. The summed E-state index contributed by atoms with van der Waals surface area (Å²) < 4.78 is 0. The maximum absolute atomic E-state index is 6.53. The predicted molar refractivity (Wildman–Crippen MR) is 146 cm³/mol. The van der Waals surface area contributed by atoms with Gasteiger partial charge in [-0.25, -0.2) is 9.97 Å². The number of rotatable bonds is 8. The first-order valence-corrected chi connectivity index (χ1v) is 13.4. The highest BCUT2D eigenvalue weighted by molar-refractivity contribution is 6.33. The minimum Gasteiger partial charge on any atom is -0.360 e. The number of anilines is 1. The minimum absolute atomic E-state index is 0.377. The summed E-state index contributed by atoms with van der Waals surface area (Å²) in [5, 5.41) is 5.32. The standard InChI is InChI=1S/C28H37ClN6/c1-3-13-35-14-11-20(12-15-35)19-34(2)22-8-6-7-21(16-22)32-28-31-18-25(29)27(33-28)24-17-30-26-10-5-4-9-23(24)26/h3-5,9-10,17-18,20-22,30H,1,6-8,11-16,19H2,2H3,(H,31,32,33)/t21-,22+/m1/s1. The summed E-state index contributed by atoms with van der Waals surface area (Å²) in [5.41, 5.74) is 2.86. The van der Waals surface area contributed by atoms with Gasteiger partial charge in [0, 0.05) is 47.8 Å². The number of benzene rings is 1. The van der Waals surface area contributed by atoms with Crippen LogP contribution < -0.4 is 5.32 Å². The van der Waals surface area contributed by atoms with Gasteiger partial charge in [0.2, 0.25) is 5.95 Å². The summed E-state index contributed by atoms with van der Waals surface area (Å²) in [5.74, 6) is 1.46. The molecule has 1 aliphatic carbocycles. The molecule has 0 spiro atoms. The van der Waals surface area contributed by atoms with Crippen LogP contribution in [0.3, 0.4) is 0 Å². The van der Waals surface area contributed by atoms with E-state index in [2.05, 4.69) is 50.8 Å². The molecule has 0 unspecified atom stereocenters. The molecule has 3 aromatic rings. The number of nitrogens with one attached hydrogen (secondary N) is 2. The number of halogens is 1. The van der Waals surface area contributed by atoms with Crippen LogP contribution in [-0.2, 0) is 0 Å². The van der Waals surface area contributed by atoms with Gasteiger partial charge in [0.15, 0.2) is 0 Å². The maximum Gasteiger partial charge on any atom is 0.223 e. The molecule has 2 atom stereocenters. The second-order valence-corrected chi connectivity index (χ2v) is 10.7. The normalized spacial score (nSPS) is 22.0. The molecule has 1 saturated carbocycles. The zero-order valence-corrected chi connectivity index (χ0v) is 21.5. The first kappa shape index (κ1) is 24.3. The van der Waals surface area contributed by atoms with Crippen molar-refractivity contribution in [3.8, 4) is 11.3 Å². The van der Waals surface area contributed by atoms with Crippen LogP contribution in [0.1, 0.15) is 38.5 Å². The highest BCUT2D eigenvalue weighted by atomic mass is 35.5. The molecule has 2 N–H and O–H groups in total. The average Bonchev–Trinajstić information content (AvgIpc) is 3.31. The van der Waals surface area contributed by atoms with Crippen LogP contribution >= 0.6 is 11.6 Å². The Bertz CT molecular complexity index is 1140. The molecular weight excluding hydrogens is 456 g/mol. The fourth-order valence-corrected chi connectivity index (χ4v) is 6.05. The molecule has 1 aromatic carbocycles. The van der Waals surface area contributed by atoms with Gasteiger partial charge in [-0.15, -0.1) is 6.58 Å². The van der Waals surface area contributed by atoms with Gasteiger partial charge in [0.25, 0.3) is 0 Å². The van der Waals surface area contributed by atoms with Crippen molar-refractivity contribution >= 4 is 28.5 Å². The second kappa shape index (κ2) is 11.1. The lowest BCUT2D eigenvalue weighted by atomic mass is 9.88. The van der Waals surface area contributed by atoms with Gasteiger partial charge < -0.3 is 15.2 Å². The number of piperidine rings is 1. The van der Waals surface area contributed by atoms with E-state index in [9.17, 15) is 0 Å². The van der Waals surface area contributed by atoms with E-state index in [1.165, 1.54) is 45.3 Å². The van der Waals surface area contributed by atoms with Crippen molar-refractivity contribution in [1.29, 1.82) is 0 Å². The van der Waals surface area contributed by atoms with Crippen molar-refractivity contribution in [1.82, 2.24) is 24.8 Å². The lowest BCUT2D eigenvalue weighted by Crippen LogP contribution is -2.44. The highest BCUT2D eigenvalue weighted by Crippen LogP contribution is 2.33. The van der Waals surface area contributed by atoms with Crippen molar-refractivity contribution in [3.05, 3.63) is 54.3 Å². The Hall–Kier alpha value is -2.41. The van der Waals surface area contributed by atoms with Crippen molar-refractivity contribution < 1.29 is 0 Å². The molecule has 3 heterocycles. The SMILES string of the molecule is C=CCN1CCC(CN(C)[C@H]2CCC[C@@H](Nc3ncc(Cl)c(-c4c[nH]c5ccccc45)n3)C2)CC1. The number of fused-ring (bicyclic) bond motifs is 1. The minimum atomic E-state index is 0.377. The molecule has 35 heavy (non-hydrogen) atoms. The van der Waals surface area contributed by atoms with E-state index in [4.69, 9.17) is 16.6 Å². The summed E-state index contributed by atoms with van der Waals surface area (Å²) in [7, 11) is 2.32. The molecule has 2 aromatic heterocycles. The van der Waals surface area contributed by atoms with Gasteiger partial charge in [-0.2, -0.15) is 0 Å². The fraction of sp³-hybridized carbons (Fsp3) is 0.500. The molecule has 1 saturated heterocycles. The largest absolute Gasteiger partial charge is 0.360 e. The Kier molecular flexibility index (Phi) is 7.71. The first-order chi connectivity index (χ1) is 17.1. The zero-order valence-electron chi connectivity index (χ0n) is 20.7. The van der Waals surface area contributed by atoms with Crippen LogP contribution in [0.25, 0.3) is 22.2 Å². The molecule has 186 valence electrons. The molecule has 1 aliphatic heterocycles. The molecule has 7 heteroatoms. The third-order valence-corrected chi connectivity index (χ3v) is 8.11. The highest BCUT2D eigenvalue weighted by Gasteiger charge is 2.28. The van der Waals surface area contributed by atoms with Crippen molar-refractivity contribution in [2.45, 2.75) is 50.6 Å². The van der Waals surface area contributed by atoms with Crippen LogP contribution in [-0.4, -0.2) is 70.1 Å². The predicted octanol–water partition coefficient (Wildman–Crippen LogP) is 5.83. The summed E-state index contributed by atoms with van der Waals surface area (Å²) in [4.78, 5) is 17.8.